The van der Waals surface area contributed by atoms with Crippen LogP contribution >= 0.6 is 35.1 Å². The summed E-state index contributed by atoms with van der Waals surface area (Å²) in [6, 6.07) is 14.9. The molecular weight excluding hydrogens is 454 g/mol. The minimum Gasteiger partial charge on any atom is -0.497 e. The number of halogens is 1. The standard InChI is InChI=1S/C22H16ClN3O3S2/c1-12(27)26-21(28)19(31-22(26)24)11-14-9-13-10-16(29-2)5-8-18(13)25-20(14)30-17-6-3-15(23)4-7-17/h3-11,24H,1-2H3/b19-11+,24-22?. The number of carbonyl (C=O) groups excluding carboxylic acids is 2. The highest BCUT2D eigenvalue weighted by atomic mass is 35.5. The van der Waals surface area contributed by atoms with E-state index >= 15 is 0 Å². The second-order valence-corrected chi connectivity index (χ2v) is 9.10. The van der Waals surface area contributed by atoms with Crippen LogP contribution in [-0.2, 0) is 9.59 Å². The number of rotatable bonds is 4. The smallest absolute Gasteiger partial charge is 0.273 e. The molecule has 6 nitrogen and oxygen atoms in total. The third kappa shape index (κ3) is 4.46. The molecule has 3 aromatic rings. The Morgan fingerprint density at radius 2 is 1.97 bits per heavy atom. The fourth-order valence-electron chi connectivity index (χ4n) is 2.99. The Bertz CT molecular complexity index is 1260. The van der Waals surface area contributed by atoms with Crippen LogP contribution in [0.4, 0.5) is 0 Å². The maximum Gasteiger partial charge on any atom is 0.273 e. The van der Waals surface area contributed by atoms with Gasteiger partial charge in [-0.05, 0) is 66.4 Å². The van der Waals surface area contributed by atoms with Crippen LogP contribution in [0.2, 0.25) is 5.02 Å². The molecule has 2 aromatic carbocycles. The van der Waals surface area contributed by atoms with Gasteiger partial charge in [0.2, 0.25) is 5.91 Å². The van der Waals surface area contributed by atoms with Crippen LogP contribution in [0, 0.1) is 5.41 Å². The largest absolute Gasteiger partial charge is 0.497 e. The van der Waals surface area contributed by atoms with E-state index < -0.39 is 11.8 Å². The van der Waals surface area contributed by atoms with Gasteiger partial charge < -0.3 is 4.74 Å². The number of thioether (sulfide) groups is 1. The van der Waals surface area contributed by atoms with Gasteiger partial charge in [0, 0.05) is 27.8 Å². The van der Waals surface area contributed by atoms with Gasteiger partial charge in [-0.1, -0.05) is 23.4 Å². The van der Waals surface area contributed by atoms with Crippen molar-refractivity contribution >= 4 is 69.1 Å². The fourth-order valence-corrected chi connectivity index (χ4v) is 4.87. The van der Waals surface area contributed by atoms with Gasteiger partial charge in [0.05, 0.1) is 17.5 Å². The molecule has 9 heteroatoms. The Kier molecular flexibility index (Phi) is 6.04. The van der Waals surface area contributed by atoms with Crippen molar-refractivity contribution in [2.45, 2.75) is 16.8 Å². The molecule has 0 radical (unpaired) electrons. The van der Waals surface area contributed by atoms with E-state index in [0.29, 0.717) is 26.3 Å². The molecule has 2 amide bonds. The van der Waals surface area contributed by atoms with Gasteiger partial charge >= 0.3 is 0 Å². The summed E-state index contributed by atoms with van der Waals surface area (Å²) in [6.07, 6.45) is 1.68. The first-order valence-electron chi connectivity index (χ1n) is 9.11. The summed E-state index contributed by atoms with van der Waals surface area (Å²) in [4.78, 5) is 31.3. The number of pyridine rings is 1. The number of methoxy groups -OCH3 is 1. The fraction of sp³-hybridized carbons (Fsp3) is 0.0909. The topological polar surface area (TPSA) is 83.3 Å². The molecule has 1 aliphatic heterocycles. The van der Waals surface area contributed by atoms with Crippen LogP contribution in [0.15, 0.2) is 63.4 Å². The third-order valence-electron chi connectivity index (χ3n) is 4.47. The second-order valence-electron chi connectivity index (χ2n) is 6.57. The van der Waals surface area contributed by atoms with Gasteiger partial charge in [0.25, 0.3) is 5.91 Å². The minimum absolute atomic E-state index is 0.105. The molecule has 0 spiro atoms. The first-order chi connectivity index (χ1) is 14.9. The molecule has 31 heavy (non-hydrogen) atoms. The lowest BCUT2D eigenvalue weighted by molar-refractivity contribution is -0.135. The first kappa shape index (κ1) is 21.4. The molecule has 2 heterocycles. The normalized spacial score (nSPS) is 15.2. The molecule has 0 unspecified atom stereocenters. The molecule has 0 saturated carbocycles. The highest BCUT2D eigenvalue weighted by Gasteiger charge is 2.35. The lowest BCUT2D eigenvalue weighted by Crippen LogP contribution is -2.32. The van der Waals surface area contributed by atoms with Crippen molar-refractivity contribution in [3.05, 3.63) is 64.0 Å². The van der Waals surface area contributed by atoms with Gasteiger partial charge in [-0.15, -0.1) is 0 Å². The average molecular weight is 470 g/mol. The van der Waals surface area contributed by atoms with Crippen molar-refractivity contribution in [1.82, 2.24) is 9.88 Å². The zero-order valence-corrected chi connectivity index (χ0v) is 18.9. The molecule has 156 valence electrons. The summed E-state index contributed by atoms with van der Waals surface area (Å²) >= 11 is 8.39. The molecular formula is C22H16ClN3O3S2. The van der Waals surface area contributed by atoms with Crippen molar-refractivity contribution in [3.8, 4) is 5.75 Å². The van der Waals surface area contributed by atoms with Gasteiger partial charge in [-0.25, -0.2) is 9.88 Å². The maximum atomic E-state index is 12.6. The Balaban J connectivity index is 1.82. The highest BCUT2D eigenvalue weighted by molar-refractivity contribution is 8.18. The summed E-state index contributed by atoms with van der Waals surface area (Å²) in [5.41, 5.74) is 1.48. The van der Waals surface area contributed by atoms with Gasteiger partial charge in [-0.3, -0.25) is 15.0 Å². The predicted molar refractivity (Wildman–Crippen MR) is 125 cm³/mol. The molecule has 0 bridgehead atoms. The zero-order valence-electron chi connectivity index (χ0n) is 16.5. The number of fused-ring (bicyclic) bond motifs is 1. The van der Waals surface area contributed by atoms with E-state index in [1.54, 1.807) is 25.3 Å². The van der Waals surface area contributed by atoms with Gasteiger partial charge in [0.15, 0.2) is 5.17 Å². The number of amidine groups is 1. The molecule has 1 saturated heterocycles. The van der Waals surface area contributed by atoms with Crippen molar-refractivity contribution in [2.24, 2.45) is 0 Å². The number of aromatic nitrogens is 1. The van der Waals surface area contributed by atoms with Crippen LogP contribution in [0.1, 0.15) is 12.5 Å². The van der Waals surface area contributed by atoms with Crippen LogP contribution in [0.3, 0.4) is 0 Å². The van der Waals surface area contributed by atoms with Crippen molar-refractivity contribution in [2.75, 3.05) is 7.11 Å². The Hall–Kier alpha value is -2.81. The molecule has 1 N–H and O–H groups in total. The monoisotopic (exact) mass is 469 g/mol. The Labute approximate surface area is 192 Å². The number of hydrogen-bond acceptors (Lipinski definition) is 7. The number of hydrogen-bond donors (Lipinski definition) is 1. The first-order valence-corrected chi connectivity index (χ1v) is 11.1. The summed E-state index contributed by atoms with van der Waals surface area (Å²) in [7, 11) is 1.60. The molecule has 1 aromatic heterocycles. The lowest BCUT2D eigenvalue weighted by atomic mass is 10.1. The maximum absolute atomic E-state index is 12.6. The van der Waals surface area contributed by atoms with Crippen molar-refractivity contribution in [3.63, 3.8) is 0 Å². The van der Waals surface area contributed by atoms with E-state index in [1.165, 1.54) is 18.7 Å². The van der Waals surface area contributed by atoms with Crippen molar-refractivity contribution < 1.29 is 14.3 Å². The minimum atomic E-state index is -0.504. The van der Waals surface area contributed by atoms with Crippen LogP contribution < -0.4 is 4.74 Å². The molecule has 1 fully saturated rings. The quantitative estimate of drug-likeness (QED) is 0.512. The molecule has 0 atom stereocenters. The van der Waals surface area contributed by atoms with E-state index in [2.05, 4.69) is 0 Å². The Morgan fingerprint density at radius 3 is 2.61 bits per heavy atom. The number of nitrogens with zero attached hydrogens (tertiary/aromatic N) is 2. The summed E-state index contributed by atoms with van der Waals surface area (Å²) in [5.74, 6) is -0.291. The van der Waals surface area contributed by atoms with Crippen LogP contribution in [0.5, 0.6) is 5.75 Å². The number of benzene rings is 2. The molecule has 1 aliphatic rings. The van der Waals surface area contributed by atoms with Gasteiger partial charge in [0.1, 0.15) is 10.8 Å². The molecule has 4 rings (SSSR count). The van der Waals surface area contributed by atoms with E-state index in [0.717, 1.165) is 32.5 Å². The predicted octanol–water partition coefficient (Wildman–Crippen LogP) is 5.45. The SMILES string of the molecule is COc1ccc2nc(Sc3ccc(Cl)cc3)c(/C=C3/SC(=N)N(C(C)=O)C3=O)cc2c1. The Morgan fingerprint density at radius 1 is 1.23 bits per heavy atom. The van der Waals surface area contributed by atoms with E-state index in [4.69, 9.17) is 26.7 Å². The summed E-state index contributed by atoms with van der Waals surface area (Å²) in [6.45, 7) is 1.27. The van der Waals surface area contributed by atoms with Crippen molar-refractivity contribution in [1.29, 1.82) is 5.41 Å². The number of amides is 2. The summed E-state index contributed by atoms with van der Waals surface area (Å²) < 4.78 is 5.31. The van der Waals surface area contributed by atoms with E-state index in [1.807, 2.05) is 36.4 Å². The lowest BCUT2D eigenvalue weighted by Gasteiger charge is -2.10. The van der Waals surface area contributed by atoms with Gasteiger partial charge in [-0.2, -0.15) is 0 Å². The number of imide groups is 1. The number of carbonyl (C=O) groups is 2. The van der Waals surface area contributed by atoms with Crippen LogP contribution in [0.25, 0.3) is 17.0 Å². The second kappa shape index (κ2) is 8.74. The van der Waals surface area contributed by atoms with E-state index in [9.17, 15) is 9.59 Å². The number of nitrogens with one attached hydrogen (secondary N) is 1. The summed E-state index contributed by atoms with van der Waals surface area (Å²) in [5, 5.41) is 10.0. The third-order valence-corrected chi connectivity index (χ3v) is 6.64. The highest BCUT2D eigenvalue weighted by Crippen LogP contribution is 2.37. The van der Waals surface area contributed by atoms with E-state index in [-0.39, 0.29) is 5.17 Å². The average Bonchev–Trinajstić information content (AvgIpc) is 3.02. The number of ether oxygens (including phenoxy) is 1. The zero-order chi connectivity index (χ0) is 22.1. The molecule has 0 aliphatic carbocycles. The van der Waals surface area contributed by atoms with Crippen LogP contribution in [-0.4, -0.2) is 34.0 Å².